The molecule has 1 unspecified atom stereocenters. The fourth-order valence-corrected chi connectivity index (χ4v) is 1.85. The summed E-state index contributed by atoms with van der Waals surface area (Å²) in [5, 5.41) is 9.00. The lowest BCUT2D eigenvalue weighted by Crippen LogP contribution is -2.31. The molecule has 0 amide bonds. The molecule has 0 fully saturated rings. The monoisotopic (exact) mass is 226 g/mol. The Morgan fingerprint density at radius 1 is 1.35 bits per heavy atom. The number of hydrogen-bond donors (Lipinski definition) is 0. The second kappa shape index (κ2) is 5.31. The molecule has 1 atom stereocenters. The number of benzene rings is 1. The van der Waals surface area contributed by atoms with E-state index in [0.29, 0.717) is 0 Å². The van der Waals surface area contributed by atoms with E-state index < -0.39 is 0 Å². The first-order valence-corrected chi connectivity index (χ1v) is 5.83. The number of nitrogens with zero attached hydrogens (tertiary/aromatic N) is 3. The van der Waals surface area contributed by atoms with Crippen LogP contribution >= 0.6 is 0 Å². The predicted octanol–water partition coefficient (Wildman–Crippen LogP) is 2.30. The summed E-state index contributed by atoms with van der Waals surface area (Å²) in [6.45, 7) is 2.87. The lowest BCUT2D eigenvalue weighted by molar-refractivity contribution is -0.687. The molecule has 0 aliphatic heterocycles. The van der Waals surface area contributed by atoms with Crippen LogP contribution in [0.15, 0.2) is 49.1 Å². The van der Waals surface area contributed by atoms with Crippen LogP contribution in [-0.2, 0) is 6.54 Å². The quantitative estimate of drug-likeness (QED) is 0.736. The van der Waals surface area contributed by atoms with E-state index in [1.165, 1.54) is 5.56 Å². The summed E-state index contributed by atoms with van der Waals surface area (Å²) in [7, 11) is 0. The van der Waals surface area contributed by atoms with Crippen LogP contribution in [0.3, 0.4) is 0 Å². The molecular weight excluding hydrogens is 210 g/mol. The van der Waals surface area contributed by atoms with Crippen LogP contribution in [0.4, 0.5) is 0 Å². The first-order valence-electron chi connectivity index (χ1n) is 5.83. The molecular formula is C14H16N3+. The van der Waals surface area contributed by atoms with Crippen molar-refractivity contribution in [2.75, 3.05) is 0 Å². The summed E-state index contributed by atoms with van der Waals surface area (Å²) in [6.07, 6.45) is 6.79. The van der Waals surface area contributed by atoms with Crippen molar-refractivity contribution in [2.45, 2.75) is 25.9 Å². The van der Waals surface area contributed by atoms with Crippen molar-refractivity contribution < 1.29 is 4.57 Å². The summed E-state index contributed by atoms with van der Waals surface area (Å²) in [6, 6.07) is 12.5. The van der Waals surface area contributed by atoms with Crippen molar-refractivity contribution in [3.8, 4) is 6.07 Å². The first kappa shape index (κ1) is 11.4. The third-order valence-corrected chi connectivity index (χ3v) is 2.82. The number of aromatic nitrogens is 2. The Bertz CT molecular complexity index is 508. The van der Waals surface area contributed by atoms with Crippen molar-refractivity contribution in [3.63, 3.8) is 0 Å². The minimum atomic E-state index is -0.0629. The summed E-state index contributed by atoms with van der Waals surface area (Å²) >= 11 is 0. The maximum absolute atomic E-state index is 9.00. The van der Waals surface area contributed by atoms with E-state index in [9.17, 15) is 0 Å². The van der Waals surface area contributed by atoms with Gasteiger partial charge >= 0.3 is 0 Å². The Morgan fingerprint density at radius 2 is 2.12 bits per heavy atom. The third-order valence-electron chi connectivity index (χ3n) is 2.82. The zero-order valence-electron chi connectivity index (χ0n) is 9.95. The van der Waals surface area contributed by atoms with Crippen LogP contribution in [0.2, 0.25) is 0 Å². The molecule has 0 radical (unpaired) electrons. The molecule has 0 saturated carbocycles. The molecule has 0 saturated heterocycles. The lowest BCUT2D eigenvalue weighted by Gasteiger charge is -2.00. The smallest absolute Gasteiger partial charge is 0.233 e. The van der Waals surface area contributed by atoms with Gasteiger partial charge in [-0.2, -0.15) is 5.26 Å². The average molecular weight is 226 g/mol. The zero-order valence-corrected chi connectivity index (χ0v) is 9.95. The Labute approximate surface area is 102 Å². The molecule has 3 heteroatoms. The van der Waals surface area contributed by atoms with Gasteiger partial charge in [0.2, 0.25) is 6.33 Å². The largest absolute Gasteiger partial charge is 0.245 e. The van der Waals surface area contributed by atoms with Gasteiger partial charge in [-0.15, -0.1) is 0 Å². The number of imidazole rings is 1. The lowest BCUT2D eigenvalue weighted by atomic mass is 10.2. The van der Waals surface area contributed by atoms with Crippen molar-refractivity contribution in [2.24, 2.45) is 0 Å². The van der Waals surface area contributed by atoms with Crippen molar-refractivity contribution in [3.05, 3.63) is 54.6 Å². The van der Waals surface area contributed by atoms with E-state index in [0.717, 1.165) is 13.0 Å². The second-order valence-corrected chi connectivity index (χ2v) is 4.07. The van der Waals surface area contributed by atoms with E-state index in [4.69, 9.17) is 5.26 Å². The number of nitriles is 1. The molecule has 1 heterocycles. The summed E-state index contributed by atoms with van der Waals surface area (Å²) in [4.78, 5) is 0. The first-order chi connectivity index (χ1) is 8.33. The van der Waals surface area contributed by atoms with Crippen LogP contribution in [0, 0.1) is 11.3 Å². The summed E-state index contributed by atoms with van der Waals surface area (Å²) in [5.74, 6) is 0. The molecule has 0 N–H and O–H groups in total. The summed E-state index contributed by atoms with van der Waals surface area (Å²) in [5.41, 5.74) is 1.26. The van der Waals surface area contributed by atoms with Gasteiger partial charge in [0.25, 0.3) is 0 Å². The highest BCUT2D eigenvalue weighted by Crippen LogP contribution is 2.07. The second-order valence-electron chi connectivity index (χ2n) is 4.07. The third kappa shape index (κ3) is 2.73. The fourth-order valence-electron chi connectivity index (χ4n) is 1.85. The zero-order chi connectivity index (χ0) is 12.1. The predicted molar refractivity (Wildman–Crippen MR) is 65.1 cm³/mol. The van der Waals surface area contributed by atoms with Gasteiger partial charge in [0.15, 0.2) is 6.04 Å². The van der Waals surface area contributed by atoms with Gasteiger partial charge in [0.05, 0.1) is 0 Å². The Morgan fingerprint density at radius 3 is 2.76 bits per heavy atom. The Hall–Kier alpha value is -2.08. The highest BCUT2D eigenvalue weighted by molar-refractivity contribution is 5.13. The fraction of sp³-hybridized carbons (Fsp3) is 0.286. The topological polar surface area (TPSA) is 32.6 Å². The van der Waals surface area contributed by atoms with Gasteiger partial charge in [-0.25, -0.2) is 9.13 Å². The minimum absolute atomic E-state index is 0.0629. The molecule has 86 valence electrons. The van der Waals surface area contributed by atoms with Gasteiger partial charge in [-0.05, 0) is 12.0 Å². The molecule has 0 spiro atoms. The Balaban J connectivity index is 2.12. The van der Waals surface area contributed by atoms with Gasteiger partial charge in [0, 0.05) is 0 Å². The van der Waals surface area contributed by atoms with E-state index in [2.05, 4.69) is 22.8 Å². The van der Waals surface area contributed by atoms with Crippen LogP contribution in [0.1, 0.15) is 24.9 Å². The maximum atomic E-state index is 9.00. The van der Waals surface area contributed by atoms with Crippen LogP contribution < -0.4 is 4.57 Å². The minimum Gasteiger partial charge on any atom is -0.233 e. The van der Waals surface area contributed by atoms with Crippen LogP contribution in [-0.4, -0.2) is 4.57 Å². The maximum Gasteiger partial charge on any atom is 0.245 e. The Kier molecular flexibility index (Phi) is 3.56. The van der Waals surface area contributed by atoms with Crippen LogP contribution in [0.5, 0.6) is 0 Å². The molecule has 0 aliphatic rings. The molecule has 3 nitrogen and oxygen atoms in total. The van der Waals surface area contributed by atoms with Crippen molar-refractivity contribution >= 4 is 0 Å². The molecule has 1 aromatic carbocycles. The van der Waals surface area contributed by atoms with Crippen molar-refractivity contribution in [1.29, 1.82) is 5.26 Å². The van der Waals surface area contributed by atoms with Gasteiger partial charge in [0.1, 0.15) is 25.0 Å². The highest BCUT2D eigenvalue weighted by Gasteiger charge is 2.13. The molecule has 2 aromatic rings. The molecule has 2 rings (SSSR count). The van der Waals surface area contributed by atoms with Gasteiger partial charge < -0.3 is 0 Å². The molecule has 17 heavy (non-hydrogen) atoms. The number of hydrogen-bond acceptors (Lipinski definition) is 1. The van der Waals surface area contributed by atoms with Gasteiger partial charge in [-0.1, -0.05) is 37.3 Å². The molecule has 0 bridgehead atoms. The van der Waals surface area contributed by atoms with E-state index in [1.807, 2.05) is 48.4 Å². The molecule has 1 aromatic heterocycles. The highest BCUT2D eigenvalue weighted by atomic mass is 15.1. The molecule has 0 aliphatic carbocycles. The van der Waals surface area contributed by atoms with E-state index in [-0.39, 0.29) is 6.04 Å². The van der Waals surface area contributed by atoms with Crippen LogP contribution in [0.25, 0.3) is 0 Å². The normalized spacial score (nSPS) is 12.0. The van der Waals surface area contributed by atoms with E-state index >= 15 is 0 Å². The summed E-state index contributed by atoms with van der Waals surface area (Å²) < 4.78 is 4.05. The van der Waals surface area contributed by atoms with E-state index in [1.54, 1.807) is 0 Å². The van der Waals surface area contributed by atoms with Gasteiger partial charge in [-0.3, -0.25) is 0 Å². The standard InChI is InChI=1S/C14H16N3/c1-2-14(10-15)17-9-8-16(12-17)11-13-6-4-3-5-7-13/h3-9,12,14H,2,11H2,1H3/q+1. The SMILES string of the molecule is CCC(C#N)n1cc[n+](Cc2ccccc2)c1. The van der Waals surface area contributed by atoms with Crippen molar-refractivity contribution in [1.82, 2.24) is 4.57 Å². The number of rotatable bonds is 4. The average Bonchev–Trinajstić information content (AvgIpc) is 2.81.